The highest BCUT2D eigenvalue weighted by Crippen LogP contribution is 2.15. The highest BCUT2D eigenvalue weighted by atomic mass is 16.6. The van der Waals surface area contributed by atoms with Gasteiger partial charge in [0.2, 0.25) is 0 Å². The Morgan fingerprint density at radius 2 is 2.06 bits per heavy atom. The maximum absolute atomic E-state index is 10.4. The summed E-state index contributed by atoms with van der Waals surface area (Å²) in [6.45, 7) is 2.97. The summed E-state index contributed by atoms with van der Waals surface area (Å²) in [7, 11) is 0. The first-order chi connectivity index (χ1) is 7.63. The molecule has 0 bridgehead atoms. The van der Waals surface area contributed by atoms with Gasteiger partial charge in [-0.05, 0) is 24.5 Å². The van der Waals surface area contributed by atoms with Crippen LogP contribution in [0.5, 0.6) is 0 Å². The zero-order valence-electron chi connectivity index (χ0n) is 9.22. The number of aliphatic hydroxyl groups is 1. The van der Waals surface area contributed by atoms with Gasteiger partial charge < -0.3 is 10.4 Å². The SMILES string of the molecule is CC(CCO)CNc1ccc([N+](=O)[O-])cc1. The topological polar surface area (TPSA) is 75.4 Å². The van der Waals surface area contributed by atoms with Gasteiger partial charge in [0.25, 0.3) is 5.69 Å². The van der Waals surface area contributed by atoms with Crippen molar-refractivity contribution in [3.8, 4) is 0 Å². The number of non-ortho nitro benzene ring substituents is 1. The van der Waals surface area contributed by atoms with Gasteiger partial charge in [-0.25, -0.2) is 0 Å². The molecule has 2 N–H and O–H groups in total. The summed E-state index contributed by atoms with van der Waals surface area (Å²) in [4.78, 5) is 10.0. The lowest BCUT2D eigenvalue weighted by Gasteiger charge is -2.11. The monoisotopic (exact) mass is 224 g/mol. The largest absolute Gasteiger partial charge is 0.396 e. The molecule has 1 aromatic rings. The molecule has 0 aliphatic rings. The van der Waals surface area contributed by atoms with Gasteiger partial charge in [-0.2, -0.15) is 0 Å². The van der Waals surface area contributed by atoms with E-state index in [0.717, 1.165) is 18.7 Å². The number of anilines is 1. The lowest BCUT2D eigenvalue weighted by atomic mass is 10.1. The van der Waals surface area contributed by atoms with Gasteiger partial charge in [0, 0.05) is 31.0 Å². The summed E-state index contributed by atoms with van der Waals surface area (Å²) >= 11 is 0. The molecular weight excluding hydrogens is 208 g/mol. The Hall–Kier alpha value is -1.62. The minimum absolute atomic E-state index is 0.0916. The predicted molar refractivity (Wildman–Crippen MR) is 62.5 cm³/mol. The first-order valence-electron chi connectivity index (χ1n) is 5.22. The van der Waals surface area contributed by atoms with Gasteiger partial charge in [-0.3, -0.25) is 10.1 Å². The van der Waals surface area contributed by atoms with Crippen molar-refractivity contribution in [3.63, 3.8) is 0 Å². The van der Waals surface area contributed by atoms with E-state index < -0.39 is 4.92 Å². The molecule has 1 unspecified atom stereocenters. The number of benzene rings is 1. The van der Waals surface area contributed by atoms with Crippen LogP contribution in [0.2, 0.25) is 0 Å². The molecular formula is C11H16N2O3. The van der Waals surface area contributed by atoms with Crippen LogP contribution in [-0.2, 0) is 0 Å². The van der Waals surface area contributed by atoms with Gasteiger partial charge >= 0.3 is 0 Å². The quantitative estimate of drug-likeness (QED) is 0.572. The average Bonchev–Trinajstić information content (AvgIpc) is 2.27. The summed E-state index contributed by atoms with van der Waals surface area (Å²) in [5, 5.41) is 22.3. The third-order valence-electron chi connectivity index (χ3n) is 2.35. The third kappa shape index (κ3) is 3.86. The molecule has 0 spiro atoms. The number of nitro groups is 1. The van der Waals surface area contributed by atoms with Gasteiger partial charge in [-0.15, -0.1) is 0 Å². The van der Waals surface area contributed by atoms with E-state index in [-0.39, 0.29) is 12.3 Å². The van der Waals surface area contributed by atoms with Crippen LogP contribution in [0.3, 0.4) is 0 Å². The normalized spacial score (nSPS) is 12.1. The van der Waals surface area contributed by atoms with E-state index in [1.54, 1.807) is 12.1 Å². The molecule has 1 atom stereocenters. The molecule has 5 heteroatoms. The van der Waals surface area contributed by atoms with Crippen LogP contribution >= 0.6 is 0 Å². The minimum Gasteiger partial charge on any atom is -0.396 e. The molecule has 0 aliphatic heterocycles. The van der Waals surface area contributed by atoms with E-state index in [2.05, 4.69) is 5.32 Å². The second-order valence-electron chi connectivity index (χ2n) is 3.80. The molecule has 1 aromatic carbocycles. The van der Waals surface area contributed by atoms with E-state index >= 15 is 0 Å². The molecule has 0 heterocycles. The van der Waals surface area contributed by atoms with E-state index in [9.17, 15) is 10.1 Å². The molecule has 0 fully saturated rings. The molecule has 5 nitrogen and oxygen atoms in total. The van der Waals surface area contributed by atoms with Crippen molar-refractivity contribution in [3.05, 3.63) is 34.4 Å². The summed E-state index contributed by atoms with van der Waals surface area (Å²) in [6, 6.07) is 6.31. The average molecular weight is 224 g/mol. The van der Waals surface area contributed by atoms with Gasteiger partial charge in [0.05, 0.1) is 4.92 Å². The first kappa shape index (κ1) is 12.4. The summed E-state index contributed by atoms with van der Waals surface area (Å²) in [6.07, 6.45) is 0.750. The second kappa shape index (κ2) is 6.07. The maximum Gasteiger partial charge on any atom is 0.269 e. The number of nitrogens with zero attached hydrogens (tertiary/aromatic N) is 1. The van der Waals surface area contributed by atoms with E-state index in [4.69, 9.17) is 5.11 Å². The molecule has 88 valence electrons. The number of hydrogen-bond donors (Lipinski definition) is 2. The van der Waals surface area contributed by atoms with Crippen molar-refractivity contribution in [2.75, 3.05) is 18.5 Å². The van der Waals surface area contributed by atoms with E-state index in [1.807, 2.05) is 6.92 Å². The fraction of sp³-hybridized carbons (Fsp3) is 0.455. The molecule has 0 aromatic heterocycles. The zero-order chi connectivity index (χ0) is 12.0. The lowest BCUT2D eigenvalue weighted by Crippen LogP contribution is -2.12. The van der Waals surface area contributed by atoms with E-state index in [0.29, 0.717) is 5.92 Å². The van der Waals surface area contributed by atoms with Crippen molar-refractivity contribution in [2.45, 2.75) is 13.3 Å². The zero-order valence-corrected chi connectivity index (χ0v) is 9.22. The minimum atomic E-state index is -0.418. The van der Waals surface area contributed by atoms with Gasteiger partial charge in [-0.1, -0.05) is 6.92 Å². The Kier molecular flexibility index (Phi) is 4.72. The van der Waals surface area contributed by atoms with Crippen LogP contribution in [0.1, 0.15) is 13.3 Å². The molecule has 0 saturated carbocycles. The maximum atomic E-state index is 10.4. The molecule has 0 aliphatic carbocycles. The Labute approximate surface area is 94.3 Å². The molecule has 0 saturated heterocycles. The fourth-order valence-corrected chi connectivity index (χ4v) is 1.32. The first-order valence-corrected chi connectivity index (χ1v) is 5.22. The van der Waals surface area contributed by atoms with Gasteiger partial charge in [0.15, 0.2) is 0 Å². The van der Waals surface area contributed by atoms with Crippen molar-refractivity contribution in [1.82, 2.24) is 0 Å². The summed E-state index contributed by atoms with van der Waals surface area (Å²) < 4.78 is 0. The van der Waals surface area contributed by atoms with Crippen LogP contribution in [-0.4, -0.2) is 23.2 Å². The number of hydrogen-bond acceptors (Lipinski definition) is 4. The Morgan fingerprint density at radius 3 is 2.56 bits per heavy atom. The Morgan fingerprint density at radius 1 is 1.44 bits per heavy atom. The highest BCUT2D eigenvalue weighted by Gasteiger charge is 2.04. The van der Waals surface area contributed by atoms with E-state index in [1.165, 1.54) is 12.1 Å². The van der Waals surface area contributed by atoms with Crippen molar-refractivity contribution < 1.29 is 10.0 Å². The van der Waals surface area contributed by atoms with Crippen LogP contribution in [0.15, 0.2) is 24.3 Å². The van der Waals surface area contributed by atoms with Crippen molar-refractivity contribution in [2.24, 2.45) is 5.92 Å². The van der Waals surface area contributed by atoms with Crippen molar-refractivity contribution >= 4 is 11.4 Å². The number of rotatable bonds is 6. The Balaban J connectivity index is 2.46. The number of nitro benzene ring substituents is 1. The number of nitrogens with one attached hydrogen (secondary N) is 1. The van der Waals surface area contributed by atoms with Crippen LogP contribution in [0, 0.1) is 16.0 Å². The standard InChI is InChI=1S/C11H16N2O3/c1-9(6-7-14)8-12-10-2-4-11(5-3-10)13(15)16/h2-5,9,12,14H,6-8H2,1H3. The smallest absolute Gasteiger partial charge is 0.269 e. The Bertz CT molecular complexity index is 338. The van der Waals surface area contributed by atoms with Crippen LogP contribution in [0.25, 0.3) is 0 Å². The highest BCUT2D eigenvalue weighted by molar-refractivity contribution is 5.48. The lowest BCUT2D eigenvalue weighted by molar-refractivity contribution is -0.384. The molecule has 16 heavy (non-hydrogen) atoms. The molecule has 1 rings (SSSR count). The van der Waals surface area contributed by atoms with Crippen LogP contribution < -0.4 is 5.32 Å². The predicted octanol–water partition coefficient (Wildman–Crippen LogP) is 2.03. The molecule has 0 radical (unpaired) electrons. The fourth-order valence-electron chi connectivity index (χ4n) is 1.32. The van der Waals surface area contributed by atoms with Crippen molar-refractivity contribution in [1.29, 1.82) is 0 Å². The summed E-state index contributed by atoms with van der Waals surface area (Å²) in [5.41, 5.74) is 0.948. The van der Waals surface area contributed by atoms with Crippen LogP contribution in [0.4, 0.5) is 11.4 Å². The van der Waals surface area contributed by atoms with Gasteiger partial charge in [0.1, 0.15) is 0 Å². The second-order valence-corrected chi connectivity index (χ2v) is 3.80. The number of aliphatic hydroxyl groups excluding tert-OH is 1. The molecule has 0 amide bonds. The third-order valence-corrected chi connectivity index (χ3v) is 2.35. The summed E-state index contributed by atoms with van der Waals surface area (Å²) in [5.74, 6) is 0.375.